The number of pyridine rings is 1. The predicted octanol–water partition coefficient (Wildman–Crippen LogP) is 5.38. The van der Waals surface area contributed by atoms with Gasteiger partial charge < -0.3 is 10.2 Å². The van der Waals surface area contributed by atoms with Gasteiger partial charge in [0.2, 0.25) is 0 Å². The lowest BCUT2D eigenvalue weighted by molar-refractivity contribution is -0.104. The van der Waals surface area contributed by atoms with Gasteiger partial charge in [-0.2, -0.15) is 0 Å². The number of nitrogens with zero attached hydrogens (tertiary/aromatic N) is 2. The highest BCUT2D eigenvalue weighted by Crippen LogP contribution is 2.34. The molecule has 3 aromatic rings. The van der Waals surface area contributed by atoms with Gasteiger partial charge in [-0.1, -0.05) is 72.3 Å². The van der Waals surface area contributed by atoms with Crippen LogP contribution in [0.4, 0.5) is 5.69 Å². The molecule has 0 radical (unpaired) electrons. The molecule has 1 aromatic heterocycles. The Morgan fingerprint density at radius 2 is 1.80 bits per heavy atom. The van der Waals surface area contributed by atoms with Gasteiger partial charge in [0.15, 0.2) is 0 Å². The molecular formula is C23H20ClN3O2S. The molecule has 152 valence electrons. The van der Waals surface area contributed by atoms with Crippen molar-refractivity contribution < 1.29 is 9.63 Å². The van der Waals surface area contributed by atoms with Crippen molar-refractivity contribution in [3.8, 4) is 11.1 Å². The van der Waals surface area contributed by atoms with E-state index in [0.29, 0.717) is 27.8 Å². The number of carbonyl (C=O) groups excluding carboxylic acids is 1. The second kappa shape index (κ2) is 9.34. The molecule has 0 amide bonds. The molecule has 1 fully saturated rings. The van der Waals surface area contributed by atoms with Crippen LogP contribution in [0.2, 0.25) is 5.02 Å². The number of hydrogen-bond acceptors (Lipinski definition) is 5. The summed E-state index contributed by atoms with van der Waals surface area (Å²) >= 11 is 12.1. The fraction of sp³-hybridized carbons (Fsp3) is 0.174. The minimum absolute atomic E-state index is 0.222. The van der Waals surface area contributed by atoms with Gasteiger partial charge in [0, 0.05) is 24.5 Å². The van der Waals surface area contributed by atoms with Crippen LogP contribution >= 0.6 is 23.8 Å². The van der Waals surface area contributed by atoms with E-state index in [4.69, 9.17) is 28.7 Å². The Hall–Kier alpha value is -2.80. The molecule has 0 unspecified atom stereocenters. The monoisotopic (exact) mass is 437 g/mol. The summed E-state index contributed by atoms with van der Waals surface area (Å²) in [5.41, 5.74) is 3.04. The normalized spacial score (nSPS) is 16.2. The Kier molecular flexibility index (Phi) is 6.38. The first kappa shape index (κ1) is 20.5. The van der Waals surface area contributed by atoms with E-state index >= 15 is 0 Å². The number of aromatic nitrogens is 1. The van der Waals surface area contributed by atoms with Gasteiger partial charge in [0.1, 0.15) is 4.99 Å². The highest BCUT2D eigenvalue weighted by atomic mass is 35.5. The molecule has 1 saturated heterocycles. The van der Waals surface area contributed by atoms with E-state index in [2.05, 4.69) is 10.3 Å². The molecule has 2 heterocycles. The first-order valence-corrected chi connectivity index (χ1v) is 10.5. The summed E-state index contributed by atoms with van der Waals surface area (Å²) in [4.78, 5) is 22.9. The number of hydrogen-bond donors (Lipinski definition) is 1. The summed E-state index contributed by atoms with van der Waals surface area (Å²) < 4.78 is 0. The molecular weight excluding hydrogens is 418 g/mol. The van der Waals surface area contributed by atoms with Crippen LogP contribution in [0, 0.1) is 0 Å². The number of anilines is 1. The van der Waals surface area contributed by atoms with Gasteiger partial charge in [-0.15, -0.1) is 5.06 Å². The Labute approximate surface area is 185 Å². The number of thiocarbonyl (C=S) groups is 1. The van der Waals surface area contributed by atoms with Gasteiger partial charge in [-0.3, -0.25) is 4.98 Å². The maximum atomic E-state index is 12.5. The summed E-state index contributed by atoms with van der Waals surface area (Å²) in [5.74, 6) is -0.391. The van der Waals surface area contributed by atoms with E-state index in [1.165, 1.54) is 0 Å². The second-order valence-corrected chi connectivity index (χ2v) is 7.79. The van der Waals surface area contributed by atoms with Crippen LogP contribution in [0.15, 0.2) is 73.1 Å². The molecule has 0 saturated carbocycles. The van der Waals surface area contributed by atoms with Gasteiger partial charge in [-0.05, 0) is 30.5 Å². The van der Waals surface area contributed by atoms with Crippen molar-refractivity contribution in [2.45, 2.75) is 18.9 Å². The molecule has 4 rings (SSSR count). The predicted molar refractivity (Wildman–Crippen MR) is 122 cm³/mol. The summed E-state index contributed by atoms with van der Waals surface area (Å²) in [5, 5.41) is 5.42. The van der Waals surface area contributed by atoms with Crippen molar-refractivity contribution in [2.75, 3.05) is 11.9 Å². The van der Waals surface area contributed by atoms with E-state index in [1.54, 1.807) is 41.7 Å². The van der Waals surface area contributed by atoms with Crippen LogP contribution in [0.5, 0.6) is 0 Å². The third kappa shape index (κ3) is 4.51. The van der Waals surface area contributed by atoms with Crippen LogP contribution in [-0.2, 0) is 4.84 Å². The van der Waals surface area contributed by atoms with Gasteiger partial charge in [0.25, 0.3) is 0 Å². The summed E-state index contributed by atoms with van der Waals surface area (Å²) in [6.07, 6.45) is 5.01. The van der Waals surface area contributed by atoms with Gasteiger partial charge >= 0.3 is 5.97 Å². The van der Waals surface area contributed by atoms with Crippen molar-refractivity contribution in [3.63, 3.8) is 0 Å². The van der Waals surface area contributed by atoms with Crippen LogP contribution in [0.25, 0.3) is 11.1 Å². The molecule has 0 bridgehead atoms. The van der Waals surface area contributed by atoms with Crippen LogP contribution in [0.3, 0.4) is 0 Å². The van der Waals surface area contributed by atoms with Crippen LogP contribution in [0.1, 0.15) is 23.2 Å². The lowest BCUT2D eigenvalue weighted by Gasteiger charge is -2.25. The summed E-state index contributed by atoms with van der Waals surface area (Å²) in [6, 6.07) is 18.6. The number of halogens is 1. The van der Waals surface area contributed by atoms with Crippen molar-refractivity contribution in [1.82, 2.24) is 10.0 Å². The molecule has 7 heteroatoms. The molecule has 0 spiro atoms. The molecule has 1 aliphatic heterocycles. The Bertz CT molecular complexity index is 1050. The Morgan fingerprint density at radius 1 is 1.10 bits per heavy atom. The number of rotatable bonds is 5. The fourth-order valence-corrected chi connectivity index (χ4v) is 3.99. The highest BCUT2D eigenvalue weighted by Gasteiger charge is 2.32. The Morgan fingerprint density at radius 3 is 2.53 bits per heavy atom. The lowest BCUT2D eigenvalue weighted by Crippen LogP contribution is -2.40. The van der Waals surface area contributed by atoms with E-state index < -0.39 is 5.97 Å². The second-order valence-electron chi connectivity index (χ2n) is 6.94. The average molecular weight is 438 g/mol. The van der Waals surface area contributed by atoms with Gasteiger partial charge in [-0.25, -0.2) is 4.79 Å². The zero-order chi connectivity index (χ0) is 20.9. The number of nitrogens with one attached hydrogen (secondary N) is 1. The highest BCUT2D eigenvalue weighted by molar-refractivity contribution is 7.80. The van der Waals surface area contributed by atoms with E-state index in [0.717, 1.165) is 24.0 Å². The van der Waals surface area contributed by atoms with Crippen molar-refractivity contribution in [3.05, 3.63) is 83.6 Å². The fourth-order valence-electron chi connectivity index (χ4n) is 3.45. The van der Waals surface area contributed by atoms with Crippen molar-refractivity contribution in [2.24, 2.45) is 0 Å². The molecule has 1 N–H and O–H groups in total. The largest absolute Gasteiger partial charge is 0.363 e. The lowest BCUT2D eigenvalue weighted by atomic mass is 10.1. The third-order valence-electron chi connectivity index (χ3n) is 4.95. The van der Waals surface area contributed by atoms with Crippen LogP contribution < -0.4 is 5.32 Å². The Balaban J connectivity index is 1.52. The molecule has 0 aliphatic carbocycles. The molecule has 30 heavy (non-hydrogen) atoms. The zero-order valence-corrected chi connectivity index (χ0v) is 17.7. The zero-order valence-electron chi connectivity index (χ0n) is 16.1. The van der Waals surface area contributed by atoms with E-state index in [1.807, 2.05) is 36.4 Å². The maximum absolute atomic E-state index is 12.5. The SMILES string of the molecule is O=C(ON1CCC[C@H]1C(=S)Nc1c(Cl)cncc1-c1ccccc1)c1ccccc1. The van der Waals surface area contributed by atoms with Crippen molar-refractivity contribution >= 4 is 40.5 Å². The quantitative estimate of drug-likeness (QED) is 0.541. The average Bonchev–Trinajstić information content (AvgIpc) is 3.24. The molecule has 5 nitrogen and oxygen atoms in total. The number of benzene rings is 2. The number of carbonyl (C=O) groups is 1. The summed E-state index contributed by atoms with van der Waals surface area (Å²) in [7, 11) is 0. The first-order chi connectivity index (χ1) is 14.6. The first-order valence-electron chi connectivity index (χ1n) is 9.67. The molecule has 2 aromatic carbocycles. The molecule has 1 aliphatic rings. The standard InChI is InChI=1S/C23H20ClN3O2S/c24-19-15-25-14-18(16-8-3-1-4-9-16)21(19)26-22(30)20-12-7-13-27(20)29-23(28)17-10-5-2-6-11-17/h1-6,8-11,14-15,20H,7,12-13H2,(H,25,26,30)/t20-/m0/s1. The topological polar surface area (TPSA) is 54.5 Å². The van der Waals surface area contributed by atoms with E-state index in [9.17, 15) is 4.79 Å². The smallest absolute Gasteiger partial charge is 0.357 e. The van der Waals surface area contributed by atoms with Gasteiger partial charge in [0.05, 0.1) is 22.3 Å². The molecule has 1 atom stereocenters. The third-order valence-corrected chi connectivity index (χ3v) is 5.61. The van der Waals surface area contributed by atoms with Crippen molar-refractivity contribution in [1.29, 1.82) is 0 Å². The maximum Gasteiger partial charge on any atom is 0.357 e. The minimum atomic E-state index is -0.391. The van der Waals surface area contributed by atoms with E-state index in [-0.39, 0.29) is 6.04 Å². The minimum Gasteiger partial charge on any atom is -0.363 e. The van der Waals surface area contributed by atoms with Crippen LogP contribution in [-0.4, -0.2) is 33.6 Å². The number of hydroxylamine groups is 2. The summed E-state index contributed by atoms with van der Waals surface area (Å²) in [6.45, 7) is 0.626.